The van der Waals surface area contributed by atoms with Crippen LogP contribution in [-0.2, 0) is 9.53 Å². The van der Waals surface area contributed by atoms with Crippen molar-refractivity contribution in [2.75, 3.05) is 6.61 Å². The quantitative estimate of drug-likeness (QED) is 0.299. The standard InChI is InChI=1S/C9H17AsO2/c1-3-5-6-7-12-9(11)8(10)4-2/h4,8H,2-3,5-7,10H2,1H3. The molecule has 0 amide bonds. The van der Waals surface area contributed by atoms with E-state index in [1.54, 1.807) is 6.08 Å². The van der Waals surface area contributed by atoms with Crippen molar-refractivity contribution in [1.29, 1.82) is 0 Å². The number of hydrogen-bond donors (Lipinski definition) is 0. The molecule has 0 aromatic heterocycles. The van der Waals surface area contributed by atoms with Crippen LogP contribution in [0.1, 0.15) is 26.2 Å². The molecule has 0 aromatic rings. The third kappa shape index (κ3) is 5.42. The van der Waals surface area contributed by atoms with Crippen molar-refractivity contribution in [1.82, 2.24) is 0 Å². The molecular formula is C9H17AsO2. The summed E-state index contributed by atoms with van der Waals surface area (Å²) in [6.07, 6.45) is 4.88. The van der Waals surface area contributed by atoms with Crippen molar-refractivity contribution < 1.29 is 9.53 Å². The fourth-order valence-electron chi connectivity index (χ4n) is 0.717. The van der Waals surface area contributed by atoms with E-state index in [1.807, 2.05) is 0 Å². The molecular weight excluding hydrogens is 215 g/mol. The van der Waals surface area contributed by atoms with E-state index in [4.69, 9.17) is 4.74 Å². The second-order valence-electron chi connectivity index (χ2n) is 2.64. The molecule has 0 rings (SSSR count). The number of carbonyl (C=O) groups is 1. The SMILES string of the molecule is C=CC([AsH2])C(=O)OCCCCC. The Morgan fingerprint density at radius 1 is 1.67 bits per heavy atom. The second kappa shape index (κ2) is 7.42. The summed E-state index contributed by atoms with van der Waals surface area (Å²) in [6, 6.07) is 0. The first kappa shape index (κ1) is 11.8. The average molecular weight is 232 g/mol. The van der Waals surface area contributed by atoms with E-state index in [1.165, 1.54) is 16.9 Å². The van der Waals surface area contributed by atoms with Crippen LogP contribution in [0.15, 0.2) is 12.7 Å². The van der Waals surface area contributed by atoms with Gasteiger partial charge in [0, 0.05) is 0 Å². The first-order valence-corrected chi connectivity index (χ1v) is 5.67. The van der Waals surface area contributed by atoms with Crippen molar-refractivity contribution in [3.05, 3.63) is 12.7 Å². The first-order chi connectivity index (χ1) is 5.72. The van der Waals surface area contributed by atoms with Crippen molar-refractivity contribution >= 4 is 22.8 Å². The minimum atomic E-state index is -0.138. The van der Waals surface area contributed by atoms with Gasteiger partial charge >= 0.3 is 82.5 Å². The topological polar surface area (TPSA) is 26.3 Å². The molecule has 0 aliphatic rings. The van der Waals surface area contributed by atoms with E-state index in [9.17, 15) is 4.79 Å². The number of unbranched alkanes of at least 4 members (excludes halogenated alkanes) is 2. The molecule has 0 fully saturated rings. The van der Waals surface area contributed by atoms with Crippen LogP contribution in [0, 0.1) is 0 Å². The van der Waals surface area contributed by atoms with Gasteiger partial charge in [0.25, 0.3) is 0 Å². The number of esters is 1. The Balaban J connectivity index is 3.37. The molecule has 0 heterocycles. The number of hydrogen-bond acceptors (Lipinski definition) is 2. The maximum absolute atomic E-state index is 11.1. The molecule has 0 radical (unpaired) electrons. The monoisotopic (exact) mass is 232 g/mol. The molecule has 70 valence electrons. The van der Waals surface area contributed by atoms with Gasteiger partial charge in [0.1, 0.15) is 0 Å². The molecule has 0 saturated heterocycles. The number of rotatable bonds is 6. The zero-order chi connectivity index (χ0) is 9.40. The summed E-state index contributed by atoms with van der Waals surface area (Å²) >= 11 is 1.34. The second-order valence-corrected chi connectivity index (χ2v) is 4.14. The fourth-order valence-corrected chi connectivity index (χ4v) is 0.919. The normalized spacial score (nSPS) is 12.2. The average Bonchev–Trinajstić information content (AvgIpc) is 2.10. The Bertz CT molecular complexity index is 145. The molecule has 2 unspecified atom stereocenters. The van der Waals surface area contributed by atoms with Gasteiger partial charge < -0.3 is 0 Å². The van der Waals surface area contributed by atoms with Crippen molar-refractivity contribution in [3.63, 3.8) is 0 Å². The van der Waals surface area contributed by atoms with Gasteiger partial charge in [0.05, 0.1) is 0 Å². The molecule has 3 heteroatoms. The summed E-state index contributed by atoms with van der Waals surface area (Å²) < 4.78 is 4.89. The van der Waals surface area contributed by atoms with E-state index in [0.29, 0.717) is 6.61 Å². The van der Waals surface area contributed by atoms with Gasteiger partial charge in [-0.15, -0.1) is 0 Å². The predicted octanol–water partition coefficient (Wildman–Crippen LogP) is 1.33. The molecule has 0 N–H and O–H groups in total. The Kier molecular flexibility index (Phi) is 7.28. The van der Waals surface area contributed by atoms with Gasteiger partial charge in [-0.3, -0.25) is 0 Å². The van der Waals surface area contributed by atoms with Crippen LogP contribution < -0.4 is 0 Å². The Labute approximate surface area is 82.9 Å². The van der Waals surface area contributed by atoms with Gasteiger partial charge in [0.2, 0.25) is 0 Å². The molecule has 0 aliphatic carbocycles. The summed E-state index contributed by atoms with van der Waals surface area (Å²) in [5.41, 5.74) is 0. The van der Waals surface area contributed by atoms with Gasteiger partial charge in [0.15, 0.2) is 0 Å². The summed E-state index contributed by atoms with van der Waals surface area (Å²) in [6.45, 7) is 6.22. The van der Waals surface area contributed by atoms with Crippen LogP contribution in [0.3, 0.4) is 0 Å². The Morgan fingerprint density at radius 3 is 2.83 bits per heavy atom. The van der Waals surface area contributed by atoms with Gasteiger partial charge in [-0.25, -0.2) is 0 Å². The third-order valence-electron chi connectivity index (χ3n) is 1.52. The van der Waals surface area contributed by atoms with E-state index < -0.39 is 0 Å². The Morgan fingerprint density at radius 2 is 2.33 bits per heavy atom. The molecule has 0 bridgehead atoms. The van der Waals surface area contributed by atoms with Crippen LogP contribution in [0.5, 0.6) is 0 Å². The van der Waals surface area contributed by atoms with Gasteiger partial charge in [-0.1, -0.05) is 0 Å². The van der Waals surface area contributed by atoms with Crippen molar-refractivity contribution in [2.45, 2.75) is 30.9 Å². The van der Waals surface area contributed by atoms with Crippen molar-refractivity contribution in [2.24, 2.45) is 0 Å². The van der Waals surface area contributed by atoms with E-state index in [0.717, 1.165) is 19.3 Å². The minimum absolute atomic E-state index is 0.112. The van der Waals surface area contributed by atoms with Crippen LogP contribution in [0.25, 0.3) is 0 Å². The summed E-state index contributed by atoms with van der Waals surface area (Å²) in [7, 11) is 0. The molecule has 2 nitrogen and oxygen atoms in total. The van der Waals surface area contributed by atoms with E-state index >= 15 is 0 Å². The molecule has 12 heavy (non-hydrogen) atoms. The van der Waals surface area contributed by atoms with Crippen LogP contribution in [0.2, 0.25) is 4.71 Å². The summed E-state index contributed by atoms with van der Waals surface area (Å²) in [4.78, 5) is 11.1. The molecule has 0 spiro atoms. The van der Waals surface area contributed by atoms with Crippen LogP contribution >= 0.6 is 0 Å². The molecule has 0 aromatic carbocycles. The maximum atomic E-state index is 11.1. The zero-order valence-electron chi connectivity index (χ0n) is 7.58. The summed E-state index contributed by atoms with van der Waals surface area (Å²) in [5, 5.41) is 0. The molecule has 2 atom stereocenters. The van der Waals surface area contributed by atoms with Crippen molar-refractivity contribution in [3.8, 4) is 0 Å². The fraction of sp³-hybridized carbons (Fsp3) is 0.667. The Hall–Kier alpha value is -0.232. The zero-order valence-corrected chi connectivity index (χ0v) is 10.0. The summed E-state index contributed by atoms with van der Waals surface area (Å²) in [5.74, 6) is -0.138. The molecule has 0 saturated carbocycles. The molecule has 0 aliphatic heterocycles. The van der Waals surface area contributed by atoms with E-state index in [2.05, 4.69) is 13.5 Å². The predicted molar refractivity (Wildman–Crippen MR) is 53.0 cm³/mol. The van der Waals surface area contributed by atoms with Crippen LogP contribution in [0.4, 0.5) is 0 Å². The first-order valence-electron chi connectivity index (χ1n) is 4.27. The van der Waals surface area contributed by atoms with E-state index in [-0.39, 0.29) is 10.7 Å². The van der Waals surface area contributed by atoms with Crippen LogP contribution in [-0.4, -0.2) is 29.4 Å². The third-order valence-corrected chi connectivity index (χ3v) is 2.66. The van der Waals surface area contributed by atoms with Gasteiger partial charge in [-0.2, -0.15) is 0 Å². The number of carbonyl (C=O) groups excluding carboxylic acids is 1. The number of ether oxygens (including phenoxy) is 1. The van der Waals surface area contributed by atoms with Gasteiger partial charge in [-0.05, 0) is 0 Å².